The van der Waals surface area contributed by atoms with Crippen molar-refractivity contribution in [1.29, 1.82) is 0 Å². The quantitative estimate of drug-likeness (QED) is 0.145. The van der Waals surface area contributed by atoms with Crippen LogP contribution in [0.25, 0.3) is 11.1 Å². The van der Waals surface area contributed by atoms with Crippen molar-refractivity contribution in [1.82, 2.24) is 0 Å². The lowest BCUT2D eigenvalue weighted by Crippen LogP contribution is -2.12. The summed E-state index contributed by atoms with van der Waals surface area (Å²) in [6.45, 7) is 5.66. The molecule has 0 heterocycles. The van der Waals surface area contributed by atoms with Crippen LogP contribution in [-0.2, 0) is 21.6 Å². The fourth-order valence-corrected chi connectivity index (χ4v) is 6.16. The Balaban J connectivity index is 1.33. The number of benzene rings is 3. The number of carbonyl (C=O) groups is 2. The molecule has 2 aliphatic carbocycles. The molecule has 4 atom stereocenters. The molecule has 3 aromatic carbocycles. The van der Waals surface area contributed by atoms with Crippen LogP contribution >= 0.6 is 22.6 Å². The number of Topliss-reactive ketones (excluding diaryl/α,β-unsaturated/α-hetero) is 2. The number of alkyl halides is 3. The number of halogens is 3. The molecule has 3 unspecified atom stereocenters. The first-order chi connectivity index (χ1) is 17.5. The molecule has 0 radical (unpaired) electrons. The average Bonchev–Trinajstić information content (AvgIpc) is 3.55. The molecule has 5 rings (SSSR count). The lowest BCUT2D eigenvalue weighted by Gasteiger charge is -2.13. The summed E-state index contributed by atoms with van der Waals surface area (Å²) >= 11 is 1.13. The maximum Gasteiger partial charge on any atom is 0.321 e. The highest BCUT2D eigenvalue weighted by atomic mass is 127. The number of rotatable bonds is 8. The van der Waals surface area contributed by atoms with E-state index in [0.717, 1.165) is 65.0 Å². The van der Waals surface area contributed by atoms with Crippen molar-refractivity contribution in [3.8, 4) is 11.1 Å². The molecule has 0 aromatic heterocycles. The van der Waals surface area contributed by atoms with E-state index in [4.69, 9.17) is 0 Å². The van der Waals surface area contributed by atoms with Gasteiger partial charge in [-0.15, -0.1) is 0 Å². The molecular formula is C32H31F2IO2. The van der Waals surface area contributed by atoms with Gasteiger partial charge in [0.2, 0.25) is 0 Å². The Labute approximate surface area is 231 Å². The standard InChI is InChI=1S/C32H31F2IO2/c1-18-4-11-27(22-7-9-26(10-8-22)32(33,34)35)29(12-18)31(37)30-17-28(30)24-6-5-23-14-21(15-25(23)16-24)13-19(2)20(3)36/h4-12,16,19,21,28,30H,13-15,17H2,1-3H3/t19?,21?,28-,30?/m0/s1. The van der Waals surface area contributed by atoms with Crippen LogP contribution in [0.4, 0.5) is 8.78 Å². The molecule has 2 aliphatic rings. The summed E-state index contributed by atoms with van der Waals surface area (Å²) in [5.41, 5.74) is 7.14. The third-order valence-corrected chi connectivity index (χ3v) is 8.77. The molecule has 5 heteroatoms. The third-order valence-electron chi connectivity index (χ3n) is 8.15. The number of hydrogen-bond acceptors (Lipinski definition) is 2. The Morgan fingerprint density at radius 2 is 1.70 bits per heavy atom. The normalized spacial score (nSPS) is 21.4. The monoisotopic (exact) mass is 612 g/mol. The predicted octanol–water partition coefficient (Wildman–Crippen LogP) is 8.46. The second-order valence-electron chi connectivity index (χ2n) is 11.0. The van der Waals surface area contributed by atoms with Crippen molar-refractivity contribution in [2.45, 2.75) is 56.3 Å². The highest BCUT2D eigenvalue weighted by molar-refractivity contribution is 14.1. The van der Waals surface area contributed by atoms with Gasteiger partial charge in [0, 0.05) is 45.6 Å². The molecule has 0 N–H and O–H groups in total. The van der Waals surface area contributed by atoms with Gasteiger partial charge in [-0.3, -0.25) is 9.59 Å². The second kappa shape index (κ2) is 10.0. The molecule has 192 valence electrons. The Morgan fingerprint density at radius 1 is 1.00 bits per heavy atom. The Hall–Kier alpha value is -2.41. The maximum atomic E-state index is 13.7. The zero-order valence-electron chi connectivity index (χ0n) is 21.4. The Kier molecular flexibility index (Phi) is 7.12. The fraction of sp³-hybridized carbons (Fsp3) is 0.375. The van der Waals surface area contributed by atoms with Crippen molar-refractivity contribution in [2.75, 3.05) is 0 Å². The molecule has 0 aliphatic heterocycles. The first-order valence-electron chi connectivity index (χ1n) is 13.0. The first kappa shape index (κ1) is 26.2. The van der Waals surface area contributed by atoms with Gasteiger partial charge < -0.3 is 0 Å². The lowest BCUT2D eigenvalue weighted by atomic mass is 9.91. The second-order valence-corrected chi connectivity index (χ2v) is 12.3. The smallest absolute Gasteiger partial charge is 0.300 e. The lowest BCUT2D eigenvalue weighted by molar-refractivity contribution is -0.120. The molecule has 0 saturated heterocycles. The minimum Gasteiger partial charge on any atom is -0.300 e. The van der Waals surface area contributed by atoms with E-state index in [1.807, 2.05) is 32.0 Å². The SMILES string of the molecule is CC(=O)C(C)CC1Cc2ccc([C@@H]3CC3C(=O)c3cc(C)ccc3-c3ccc(C(F)(F)I)cc3)cc2C1. The highest BCUT2D eigenvalue weighted by Gasteiger charge is 2.45. The van der Waals surface area contributed by atoms with Gasteiger partial charge in [-0.2, -0.15) is 8.78 Å². The molecule has 0 spiro atoms. The van der Waals surface area contributed by atoms with E-state index in [0.29, 0.717) is 11.5 Å². The Morgan fingerprint density at radius 3 is 2.38 bits per heavy atom. The van der Waals surface area contributed by atoms with Gasteiger partial charge in [0.1, 0.15) is 5.78 Å². The van der Waals surface area contributed by atoms with Gasteiger partial charge in [-0.1, -0.05) is 67.1 Å². The largest absolute Gasteiger partial charge is 0.321 e. The molecule has 0 amide bonds. The average molecular weight is 612 g/mol. The number of fused-ring (bicyclic) bond motifs is 1. The van der Waals surface area contributed by atoms with Crippen LogP contribution in [0, 0.1) is 24.7 Å². The van der Waals surface area contributed by atoms with E-state index in [1.54, 1.807) is 19.1 Å². The molecule has 1 fully saturated rings. The van der Waals surface area contributed by atoms with Crippen molar-refractivity contribution in [3.05, 3.63) is 94.0 Å². The number of hydrogen-bond donors (Lipinski definition) is 0. The summed E-state index contributed by atoms with van der Waals surface area (Å²) in [6.07, 6.45) is 3.78. The summed E-state index contributed by atoms with van der Waals surface area (Å²) < 4.78 is 24.4. The van der Waals surface area contributed by atoms with Crippen LogP contribution in [0.5, 0.6) is 0 Å². The van der Waals surface area contributed by atoms with Gasteiger partial charge in [-0.05, 0) is 85.3 Å². The van der Waals surface area contributed by atoms with Gasteiger partial charge >= 0.3 is 3.93 Å². The summed E-state index contributed by atoms with van der Waals surface area (Å²) in [6, 6.07) is 18.7. The fourth-order valence-electron chi connectivity index (χ4n) is 5.80. The van der Waals surface area contributed by atoms with Gasteiger partial charge in [0.05, 0.1) is 0 Å². The molecule has 3 aromatic rings. The van der Waals surface area contributed by atoms with Crippen LogP contribution < -0.4 is 0 Å². The number of aryl methyl sites for hydroxylation is 1. The van der Waals surface area contributed by atoms with E-state index in [1.165, 1.54) is 28.8 Å². The van der Waals surface area contributed by atoms with E-state index in [9.17, 15) is 18.4 Å². The van der Waals surface area contributed by atoms with E-state index in [2.05, 4.69) is 18.2 Å². The van der Waals surface area contributed by atoms with Crippen LogP contribution in [0.15, 0.2) is 60.7 Å². The summed E-state index contributed by atoms with van der Waals surface area (Å²) in [5.74, 6) is 1.13. The van der Waals surface area contributed by atoms with Crippen LogP contribution in [-0.4, -0.2) is 11.6 Å². The maximum absolute atomic E-state index is 13.7. The topological polar surface area (TPSA) is 34.1 Å². The van der Waals surface area contributed by atoms with Crippen LogP contribution in [0.2, 0.25) is 0 Å². The van der Waals surface area contributed by atoms with E-state index in [-0.39, 0.29) is 34.9 Å². The third kappa shape index (κ3) is 5.57. The first-order valence-corrected chi connectivity index (χ1v) is 14.0. The van der Waals surface area contributed by atoms with Gasteiger partial charge in [0.15, 0.2) is 5.78 Å². The summed E-state index contributed by atoms with van der Waals surface area (Å²) in [4.78, 5) is 25.4. The van der Waals surface area contributed by atoms with Crippen molar-refractivity contribution in [3.63, 3.8) is 0 Å². The summed E-state index contributed by atoms with van der Waals surface area (Å²) in [5, 5.41) is 0. The van der Waals surface area contributed by atoms with Gasteiger partial charge in [0.25, 0.3) is 0 Å². The van der Waals surface area contributed by atoms with E-state index < -0.39 is 3.93 Å². The van der Waals surface area contributed by atoms with Gasteiger partial charge in [-0.25, -0.2) is 0 Å². The minimum absolute atomic E-state index is 0.0475. The van der Waals surface area contributed by atoms with Crippen LogP contribution in [0.3, 0.4) is 0 Å². The summed E-state index contributed by atoms with van der Waals surface area (Å²) in [7, 11) is 0. The van der Waals surface area contributed by atoms with Crippen molar-refractivity contribution >= 4 is 34.2 Å². The number of ketones is 2. The minimum atomic E-state index is -2.93. The molecule has 37 heavy (non-hydrogen) atoms. The molecule has 2 nitrogen and oxygen atoms in total. The van der Waals surface area contributed by atoms with Crippen LogP contribution in [0.1, 0.15) is 70.8 Å². The zero-order chi connectivity index (χ0) is 26.5. The molecular weight excluding hydrogens is 581 g/mol. The zero-order valence-corrected chi connectivity index (χ0v) is 23.5. The van der Waals surface area contributed by atoms with Crippen molar-refractivity contribution < 1.29 is 18.4 Å². The van der Waals surface area contributed by atoms with E-state index >= 15 is 0 Å². The predicted molar refractivity (Wildman–Crippen MR) is 152 cm³/mol. The Bertz CT molecular complexity index is 1360. The number of carbonyl (C=O) groups excluding carboxylic acids is 2. The van der Waals surface area contributed by atoms with Crippen molar-refractivity contribution in [2.24, 2.45) is 17.8 Å². The molecule has 1 saturated carbocycles. The highest BCUT2D eigenvalue weighted by Crippen LogP contribution is 2.51. The molecule has 0 bridgehead atoms.